The van der Waals surface area contributed by atoms with Crippen molar-refractivity contribution in [2.45, 2.75) is 36.5 Å². The van der Waals surface area contributed by atoms with Crippen molar-refractivity contribution >= 4 is 21.4 Å². The molecule has 0 radical (unpaired) electrons. The van der Waals surface area contributed by atoms with Crippen molar-refractivity contribution in [3.8, 4) is 6.07 Å². The molecule has 1 saturated heterocycles. The molecule has 2 rings (SSSR count). The molecule has 1 atom stereocenters. The van der Waals surface area contributed by atoms with E-state index in [0.29, 0.717) is 24.6 Å². The first-order valence-corrected chi connectivity index (χ1v) is 8.95. The number of rotatable bonds is 5. The molecule has 0 N–H and O–H groups in total. The summed E-state index contributed by atoms with van der Waals surface area (Å²) >= 11 is 1.02. The average molecular weight is 314 g/mol. The number of nitrogens with zero attached hydrogens (tertiary/aromatic N) is 2. The van der Waals surface area contributed by atoms with Crippen molar-refractivity contribution in [3.63, 3.8) is 0 Å². The Hall–Kier alpha value is -0.940. The smallest absolute Gasteiger partial charge is 0.252 e. The van der Waals surface area contributed by atoms with E-state index in [1.54, 1.807) is 6.07 Å². The lowest BCUT2D eigenvalue weighted by Crippen LogP contribution is -2.43. The van der Waals surface area contributed by atoms with Crippen LogP contribution in [0.2, 0.25) is 0 Å². The van der Waals surface area contributed by atoms with Crippen LogP contribution in [0.5, 0.6) is 0 Å². The van der Waals surface area contributed by atoms with Crippen LogP contribution < -0.4 is 0 Å². The Morgan fingerprint density at radius 2 is 2.35 bits per heavy atom. The number of piperidine rings is 1. The lowest BCUT2D eigenvalue weighted by Gasteiger charge is -2.31. The Labute approximate surface area is 123 Å². The van der Waals surface area contributed by atoms with E-state index in [1.165, 1.54) is 10.4 Å². The van der Waals surface area contributed by atoms with Crippen molar-refractivity contribution in [3.05, 3.63) is 17.0 Å². The van der Waals surface area contributed by atoms with E-state index < -0.39 is 10.0 Å². The second-order valence-corrected chi connectivity index (χ2v) is 7.98. The van der Waals surface area contributed by atoms with Gasteiger partial charge >= 0.3 is 0 Å². The molecule has 20 heavy (non-hydrogen) atoms. The van der Waals surface area contributed by atoms with Crippen LogP contribution in [0.3, 0.4) is 0 Å². The predicted octanol–water partition coefficient (Wildman–Crippen LogP) is 2.20. The van der Waals surface area contributed by atoms with Gasteiger partial charge < -0.3 is 4.74 Å². The number of ether oxygens (including phenoxy) is 1. The van der Waals surface area contributed by atoms with E-state index in [1.807, 2.05) is 13.0 Å². The summed E-state index contributed by atoms with van der Waals surface area (Å²) in [7, 11) is -3.49. The van der Waals surface area contributed by atoms with Crippen molar-refractivity contribution in [2.75, 3.05) is 19.7 Å². The van der Waals surface area contributed by atoms with Crippen LogP contribution in [-0.2, 0) is 14.8 Å². The van der Waals surface area contributed by atoms with Crippen LogP contribution in [0.1, 0.15) is 31.1 Å². The zero-order valence-corrected chi connectivity index (χ0v) is 13.0. The third kappa shape index (κ3) is 3.38. The van der Waals surface area contributed by atoms with Gasteiger partial charge in [0.1, 0.15) is 15.2 Å². The van der Waals surface area contributed by atoms with Crippen molar-refractivity contribution < 1.29 is 13.2 Å². The number of thiophene rings is 1. The fourth-order valence-corrected chi connectivity index (χ4v) is 4.96. The molecular formula is C13H18N2O3S2. The SMILES string of the molecule is CCCOC1CCCN(S(=O)(=O)c2ccc(C#N)s2)C1. The van der Waals surface area contributed by atoms with E-state index in [-0.39, 0.29) is 10.3 Å². The summed E-state index contributed by atoms with van der Waals surface area (Å²) in [5.74, 6) is 0. The number of hydrogen-bond donors (Lipinski definition) is 0. The van der Waals surface area contributed by atoms with Gasteiger partial charge in [-0.1, -0.05) is 6.92 Å². The third-order valence-electron chi connectivity index (χ3n) is 3.18. The Morgan fingerprint density at radius 1 is 1.55 bits per heavy atom. The summed E-state index contributed by atoms with van der Waals surface area (Å²) in [6, 6.07) is 5.03. The molecule has 1 fully saturated rings. The molecule has 2 heterocycles. The normalized spacial score (nSPS) is 20.7. The number of hydrogen-bond acceptors (Lipinski definition) is 5. The first kappa shape index (κ1) is 15.4. The summed E-state index contributed by atoms with van der Waals surface area (Å²) in [6.45, 7) is 3.62. The second kappa shape index (κ2) is 6.68. The first-order chi connectivity index (χ1) is 9.57. The molecule has 1 aliphatic rings. The minimum absolute atomic E-state index is 0.0196. The fraction of sp³-hybridized carbons (Fsp3) is 0.615. The van der Waals surface area contributed by atoms with E-state index >= 15 is 0 Å². The van der Waals surface area contributed by atoms with Crippen LogP contribution in [0.25, 0.3) is 0 Å². The van der Waals surface area contributed by atoms with Gasteiger partial charge in [-0.25, -0.2) is 8.42 Å². The highest BCUT2D eigenvalue weighted by atomic mass is 32.2. The quantitative estimate of drug-likeness (QED) is 0.835. The van der Waals surface area contributed by atoms with Gasteiger partial charge in [-0.2, -0.15) is 9.57 Å². The zero-order chi connectivity index (χ0) is 14.6. The minimum Gasteiger partial charge on any atom is -0.377 e. The maximum Gasteiger partial charge on any atom is 0.252 e. The van der Waals surface area contributed by atoms with E-state index in [0.717, 1.165) is 30.6 Å². The van der Waals surface area contributed by atoms with Crippen molar-refractivity contribution in [1.29, 1.82) is 5.26 Å². The monoisotopic (exact) mass is 314 g/mol. The Bertz CT molecular complexity index is 589. The Kier molecular flexibility index (Phi) is 5.16. The highest BCUT2D eigenvalue weighted by Crippen LogP contribution is 2.27. The van der Waals surface area contributed by atoms with Gasteiger partial charge in [-0.3, -0.25) is 0 Å². The molecule has 0 spiro atoms. The van der Waals surface area contributed by atoms with Gasteiger partial charge in [0.15, 0.2) is 0 Å². The molecule has 1 unspecified atom stereocenters. The van der Waals surface area contributed by atoms with Gasteiger partial charge in [0.2, 0.25) is 0 Å². The average Bonchev–Trinajstić information content (AvgIpc) is 2.95. The summed E-state index contributed by atoms with van der Waals surface area (Å²) in [4.78, 5) is 0.416. The molecule has 0 aromatic carbocycles. The Morgan fingerprint density at radius 3 is 3.00 bits per heavy atom. The highest BCUT2D eigenvalue weighted by Gasteiger charge is 2.31. The first-order valence-electron chi connectivity index (χ1n) is 6.69. The van der Waals surface area contributed by atoms with Gasteiger partial charge in [0.25, 0.3) is 10.0 Å². The molecule has 1 aliphatic heterocycles. The number of nitriles is 1. The van der Waals surface area contributed by atoms with Crippen LogP contribution in [0.15, 0.2) is 16.3 Å². The lowest BCUT2D eigenvalue weighted by atomic mass is 10.1. The summed E-state index contributed by atoms with van der Waals surface area (Å²) in [6.07, 6.45) is 2.62. The van der Waals surface area contributed by atoms with Crippen molar-refractivity contribution in [1.82, 2.24) is 4.31 Å². The van der Waals surface area contributed by atoms with E-state index in [4.69, 9.17) is 10.00 Å². The van der Waals surface area contributed by atoms with Gasteiger partial charge in [-0.15, -0.1) is 11.3 Å². The van der Waals surface area contributed by atoms with Gasteiger partial charge in [0.05, 0.1) is 6.10 Å². The summed E-state index contributed by atoms with van der Waals surface area (Å²) in [5, 5.41) is 8.80. The summed E-state index contributed by atoms with van der Waals surface area (Å²) in [5.41, 5.74) is 0. The van der Waals surface area contributed by atoms with Crippen molar-refractivity contribution in [2.24, 2.45) is 0 Å². The molecule has 0 saturated carbocycles. The minimum atomic E-state index is -3.49. The van der Waals surface area contributed by atoms with Crippen LogP contribution in [0, 0.1) is 11.3 Å². The van der Waals surface area contributed by atoms with Crippen LogP contribution in [0.4, 0.5) is 0 Å². The molecular weight excluding hydrogens is 296 g/mol. The zero-order valence-electron chi connectivity index (χ0n) is 11.4. The maximum atomic E-state index is 12.5. The predicted molar refractivity (Wildman–Crippen MR) is 77.1 cm³/mol. The van der Waals surface area contributed by atoms with Gasteiger partial charge in [-0.05, 0) is 31.4 Å². The van der Waals surface area contributed by atoms with Crippen LogP contribution >= 0.6 is 11.3 Å². The molecule has 7 heteroatoms. The van der Waals surface area contributed by atoms with Gasteiger partial charge in [0, 0.05) is 19.7 Å². The van der Waals surface area contributed by atoms with E-state index in [9.17, 15) is 8.42 Å². The lowest BCUT2D eigenvalue weighted by molar-refractivity contribution is 0.0194. The Balaban J connectivity index is 2.11. The molecule has 0 bridgehead atoms. The number of sulfonamides is 1. The van der Waals surface area contributed by atoms with Crippen LogP contribution in [-0.4, -0.2) is 38.5 Å². The molecule has 0 aliphatic carbocycles. The fourth-order valence-electron chi connectivity index (χ4n) is 2.19. The summed E-state index contributed by atoms with van der Waals surface area (Å²) < 4.78 is 32.4. The second-order valence-electron chi connectivity index (χ2n) is 4.73. The third-order valence-corrected chi connectivity index (χ3v) is 6.51. The molecule has 1 aromatic rings. The largest absolute Gasteiger partial charge is 0.377 e. The molecule has 110 valence electrons. The highest BCUT2D eigenvalue weighted by molar-refractivity contribution is 7.91. The van der Waals surface area contributed by atoms with E-state index in [2.05, 4.69) is 0 Å². The molecule has 5 nitrogen and oxygen atoms in total. The standard InChI is InChI=1S/C13H18N2O3S2/c1-2-8-18-11-4-3-7-15(10-11)20(16,17)13-6-5-12(9-14)19-13/h5-6,11H,2-4,7-8,10H2,1H3. The molecule has 0 amide bonds. The topological polar surface area (TPSA) is 70.4 Å². The molecule has 1 aromatic heterocycles. The maximum absolute atomic E-state index is 12.5.